The number of nitrogens with zero attached hydrogens (tertiary/aromatic N) is 1. The first-order valence-electron chi connectivity index (χ1n) is 9.20. The molecule has 0 aliphatic rings. The molecule has 0 amide bonds. The minimum atomic E-state index is -4.08. The van der Waals surface area contributed by atoms with Crippen LogP contribution in [0, 0.1) is 18.6 Å². The zero-order valence-corrected chi connectivity index (χ0v) is 18.1. The van der Waals surface area contributed by atoms with Crippen LogP contribution in [0.2, 0.25) is 0 Å². The zero-order chi connectivity index (χ0) is 22.6. The normalized spacial score (nSPS) is 13.1. The van der Waals surface area contributed by atoms with Gasteiger partial charge in [0.2, 0.25) is 10.0 Å². The molecule has 0 radical (unpaired) electrons. The SMILES string of the molecule is Cc1cc(S(=O)(=O)C(CNS(=O)(=O)Cc2ccc(F)cc2)c2cccnc2)ccc1F. The van der Waals surface area contributed by atoms with Crippen LogP contribution in [-0.4, -0.2) is 28.4 Å². The molecule has 3 rings (SSSR count). The Morgan fingerprint density at radius 1 is 1.00 bits per heavy atom. The van der Waals surface area contributed by atoms with E-state index in [1.807, 2.05) is 0 Å². The van der Waals surface area contributed by atoms with Crippen molar-refractivity contribution in [2.45, 2.75) is 22.8 Å². The number of halogens is 2. The largest absolute Gasteiger partial charge is 0.264 e. The second-order valence-corrected chi connectivity index (χ2v) is 10.9. The minimum Gasteiger partial charge on any atom is -0.264 e. The van der Waals surface area contributed by atoms with Gasteiger partial charge in [-0.05, 0) is 60.0 Å². The Balaban J connectivity index is 1.89. The maximum atomic E-state index is 13.6. The molecule has 1 unspecified atom stereocenters. The molecule has 3 aromatic rings. The van der Waals surface area contributed by atoms with E-state index in [-0.39, 0.29) is 16.0 Å². The Morgan fingerprint density at radius 3 is 2.32 bits per heavy atom. The second kappa shape index (κ2) is 9.21. The van der Waals surface area contributed by atoms with Gasteiger partial charge in [-0.1, -0.05) is 18.2 Å². The lowest BCUT2D eigenvalue weighted by atomic mass is 10.2. The first-order valence-corrected chi connectivity index (χ1v) is 12.4. The number of benzene rings is 2. The molecule has 10 heteroatoms. The van der Waals surface area contributed by atoms with Crippen LogP contribution in [0.1, 0.15) is 21.9 Å². The van der Waals surface area contributed by atoms with Crippen molar-refractivity contribution in [2.75, 3.05) is 6.54 Å². The van der Waals surface area contributed by atoms with Gasteiger partial charge >= 0.3 is 0 Å². The topological polar surface area (TPSA) is 93.2 Å². The number of sulfone groups is 1. The predicted octanol–water partition coefficient (Wildman–Crippen LogP) is 3.30. The molecule has 0 aliphatic carbocycles. The molecule has 164 valence electrons. The summed E-state index contributed by atoms with van der Waals surface area (Å²) in [4.78, 5) is 3.80. The fourth-order valence-corrected chi connectivity index (χ4v) is 5.97. The summed E-state index contributed by atoms with van der Waals surface area (Å²) in [7, 11) is -8.00. The van der Waals surface area contributed by atoms with Crippen molar-refractivity contribution in [3.63, 3.8) is 0 Å². The molecule has 0 saturated carbocycles. The maximum Gasteiger partial charge on any atom is 0.215 e. The van der Waals surface area contributed by atoms with E-state index >= 15 is 0 Å². The first kappa shape index (κ1) is 23.0. The highest BCUT2D eigenvalue weighted by Crippen LogP contribution is 2.29. The molecule has 0 saturated heterocycles. The quantitative estimate of drug-likeness (QED) is 0.514. The van der Waals surface area contributed by atoms with Gasteiger partial charge in [-0.2, -0.15) is 0 Å². The second-order valence-electron chi connectivity index (χ2n) is 6.97. The molecule has 1 N–H and O–H groups in total. The van der Waals surface area contributed by atoms with Crippen LogP contribution >= 0.6 is 0 Å². The van der Waals surface area contributed by atoms with Gasteiger partial charge in [0.1, 0.15) is 16.9 Å². The van der Waals surface area contributed by atoms with Crippen molar-refractivity contribution in [1.29, 1.82) is 0 Å². The molecule has 6 nitrogen and oxygen atoms in total. The molecule has 0 spiro atoms. The van der Waals surface area contributed by atoms with E-state index in [2.05, 4.69) is 9.71 Å². The molecule has 1 atom stereocenters. The smallest absolute Gasteiger partial charge is 0.215 e. The summed E-state index contributed by atoms with van der Waals surface area (Å²) < 4.78 is 80.6. The van der Waals surface area contributed by atoms with Gasteiger partial charge in [0.05, 0.1) is 10.6 Å². The summed E-state index contributed by atoms with van der Waals surface area (Å²) in [6.07, 6.45) is 2.81. The van der Waals surface area contributed by atoms with Crippen molar-refractivity contribution in [3.8, 4) is 0 Å². The Bertz CT molecular complexity index is 1260. The van der Waals surface area contributed by atoms with E-state index in [4.69, 9.17) is 0 Å². The third-order valence-corrected chi connectivity index (χ3v) is 8.07. The van der Waals surface area contributed by atoms with Gasteiger partial charge in [0.25, 0.3) is 0 Å². The number of pyridine rings is 1. The zero-order valence-electron chi connectivity index (χ0n) is 16.5. The van der Waals surface area contributed by atoms with Crippen molar-refractivity contribution < 1.29 is 25.6 Å². The van der Waals surface area contributed by atoms with E-state index in [9.17, 15) is 25.6 Å². The molecule has 31 heavy (non-hydrogen) atoms. The van der Waals surface area contributed by atoms with Crippen molar-refractivity contribution in [3.05, 3.63) is 95.3 Å². The van der Waals surface area contributed by atoms with E-state index in [1.54, 1.807) is 6.07 Å². The number of aryl methyl sites for hydroxylation is 1. The van der Waals surface area contributed by atoms with Crippen LogP contribution in [0.4, 0.5) is 8.78 Å². The lowest BCUT2D eigenvalue weighted by molar-refractivity contribution is 0.567. The highest BCUT2D eigenvalue weighted by Gasteiger charge is 2.31. The summed E-state index contributed by atoms with van der Waals surface area (Å²) >= 11 is 0. The number of sulfonamides is 1. The summed E-state index contributed by atoms with van der Waals surface area (Å²) in [5.74, 6) is -1.48. The molecule has 1 heterocycles. The van der Waals surface area contributed by atoms with E-state index in [0.29, 0.717) is 5.56 Å². The summed E-state index contributed by atoms with van der Waals surface area (Å²) in [5, 5.41) is -1.28. The third kappa shape index (κ3) is 5.72. The minimum absolute atomic E-state index is 0.127. The highest BCUT2D eigenvalue weighted by atomic mass is 32.2. The van der Waals surface area contributed by atoms with Crippen LogP contribution in [0.25, 0.3) is 0 Å². The van der Waals surface area contributed by atoms with Gasteiger partial charge in [0, 0.05) is 18.9 Å². The van der Waals surface area contributed by atoms with Crippen LogP contribution in [-0.2, 0) is 25.6 Å². The van der Waals surface area contributed by atoms with Crippen molar-refractivity contribution in [1.82, 2.24) is 9.71 Å². The van der Waals surface area contributed by atoms with E-state index in [0.717, 1.165) is 24.3 Å². The van der Waals surface area contributed by atoms with Crippen molar-refractivity contribution >= 4 is 19.9 Å². The van der Waals surface area contributed by atoms with Gasteiger partial charge < -0.3 is 0 Å². The Hall–Kier alpha value is -2.69. The molecular formula is C21H20F2N2O4S2. The van der Waals surface area contributed by atoms with E-state index in [1.165, 1.54) is 43.6 Å². The number of nitrogens with one attached hydrogen (secondary N) is 1. The average molecular weight is 467 g/mol. The van der Waals surface area contributed by atoms with Crippen LogP contribution in [0.3, 0.4) is 0 Å². The van der Waals surface area contributed by atoms with Crippen LogP contribution in [0.15, 0.2) is 71.9 Å². The van der Waals surface area contributed by atoms with Gasteiger partial charge in [0.15, 0.2) is 9.84 Å². The average Bonchev–Trinajstić information content (AvgIpc) is 2.72. The summed E-state index contributed by atoms with van der Waals surface area (Å²) in [5.41, 5.74) is 0.792. The number of hydrogen-bond donors (Lipinski definition) is 1. The van der Waals surface area contributed by atoms with Crippen molar-refractivity contribution in [2.24, 2.45) is 0 Å². The van der Waals surface area contributed by atoms with Gasteiger partial charge in [-0.15, -0.1) is 0 Å². The Morgan fingerprint density at radius 2 is 1.71 bits per heavy atom. The van der Waals surface area contributed by atoms with Gasteiger partial charge in [-0.25, -0.2) is 30.3 Å². The molecule has 2 aromatic carbocycles. The molecule has 0 aliphatic heterocycles. The molecule has 1 aromatic heterocycles. The lowest BCUT2D eigenvalue weighted by Crippen LogP contribution is -2.33. The van der Waals surface area contributed by atoms with Gasteiger partial charge in [-0.3, -0.25) is 4.98 Å². The fraction of sp³-hybridized carbons (Fsp3) is 0.190. The lowest BCUT2D eigenvalue weighted by Gasteiger charge is -2.19. The third-order valence-electron chi connectivity index (χ3n) is 4.65. The number of hydrogen-bond acceptors (Lipinski definition) is 5. The molecule has 0 bridgehead atoms. The standard InChI is InChI=1S/C21H20F2N2O4S2/c1-15-11-19(8-9-20(15)23)31(28,29)21(17-3-2-10-24-12-17)13-25-30(26,27)14-16-4-6-18(22)7-5-16/h2-12,21,25H,13-14H2,1H3. The Labute approximate surface area is 179 Å². The molecule has 0 fully saturated rings. The predicted molar refractivity (Wildman–Crippen MR) is 112 cm³/mol. The van der Waals surface area contributed by atoms with E-state index < -0.39 is 49.0 Å². The Kier molecular flexibility index (Phi) is 6.83. The number of rotatable bonds is 8. The monoisotopic (exact) mass is 466 g/mol. The van der Waals surface area contributed by atoms with Crippen LogP contribution < -0.4 is 4.72 Å². The van der Waals surface area contributed by atoms with Crippen LogP contribution in [0.5, 0.6) is 0 Å². The maximum absolute atomic E-state index is 13.6. The summed E-state index contributed by atoms with van der Waals surface area (Å²) in [6, 6.07) is 11.4. The highest BCUT2D eigenvalue weighted by molar-refractivity contribution is 7.92. The number of aromatic nitrogens is 1. The first-order chi connectivity index (χ1) is 14.6. The summed E-state index contributed by atoms with van der Waals surface area (Å²) in [6.45, 7) is 0.993. The fourth-order valence-electron chi connectivity index (χ4n) is 2.99. The molecular weight excluding hydrogens is 446 g/mol.